The molecule has 1 aliphatic rings. The number of carbonyl (C=O) groups is 1. The second kappa shape index (κ2) is 9.20. The summed E-state index contributed by atoms with van der Waals surface area (Å²) in [6.45, 7) is 5.21. The average Bonchev–Trinajstić information content (AvgIpc) is 3.22. The van der Waals surface area contributed by atoms with Crippen molar-refractivity contribution in [2.45, 2.75) is 37.7 Å². The minimum atomic E-state index is -3.90. The van der Waals surface area contributed by atoms with Gasteiger partial charge in [-0.25, -0.2) is 8.42 Å². The lowest BCUT2D eigenvalue weighted by atomic mass is 9.89. The highest BCUT2D eigenvalue weighted by Crippen LogP contribution is 2.49. The van der Waals surface area contributed by atoms with E-state index in [1.807, 2.05) is 74.5 Å². The minimum Gasteiger partial charge on any atom is -0.483 e. The van der Waals surface area contributed by atoms with E-state index in [4.69, 9.17) is 4.74 Å². The van der Waals surface area contributed by atoms with Gasteiger partial charge < -0.3 is 4.74 Å². The summed E-state index contributed by atoms with van der Waals surface area (Å²) < 4.78 is 34.6. The number of benzene rings is 3. The molecule has 168 valence electrons. The summed E-state index contributed by atoms with van der Waals surface area (Å²) in [5.41, 5.74) is 3.16. The molecule has 0 aliphatic carbocycles. The highest BCUT2D eigenvalue weighted by atomic mass is 32.2. The highest BCUT2D eigenvalue weighted by molar-refractivity contribution is 7.95. The fourth-order valence-electron chi connectivity index (χ4n) is 4.21. The lowest BCUT2D eigenvalue weighted by molar-refractivity contribution is -0.112. The SMILES string of the molecule is CC(=O)/C=C(\C)[C@H]1OC(c2ccccc2)=C(S(=O)(=O)c2ccc(C)cc2)[C@@H]1c1ccccc1. The van der Waals surface area contributed by atoms with Crippen LogP contribution in [-0.4, -0.2) is 20.3 Å². The molecule has 3 aromatic carbocycles. The Bertz CT molecular complexity index is 1320. The van der Waals surface area contributed by atoms with Gasteiger partial charge in [-0.05, 0) is 50.1 Å². The van der Waals surface area contributed by atoms with Gasteiger partial charge in [-0.2, -0.15) is 0 Å². The van der Waals surface area contributed by atoms with Gasteiger partial charge in [0.25, 0.3) is 0 Å². The molecule has 0 fully saturated rings. The molecule has 2 atom stereocenters. The van der Waals surface area contributed by atoms with Gasteiger partial charge in [0.15, 0.2) is 5.78 Å². The molecule has 0 bridgehead atoms. The third-order valence-electron chi connectivity index (χ3n) is 5.75. The molecule has 0 radical (unpaired) electrons. The lowest BCUT2D eigenvalue weighted by Gasteiger charge is -2.22. The molecule has 4 rings (SSSR count). The van der Waals surface area contributed by atoms with Crippen LogP contribution < -0.4 is 0 Å². The topological polar surface area (TPSA) is 60.4 Å². The molecule has 0 aromatic heterocycles. The van der Waals surface area contributed by atoms with Crippen molar-refractivity contribution in [3.63, 3.8) is 0 Å². The number of carbonyl (C=O) groups excluding carboxylic acids is 1. The number of aryl methyl sites for hydroxylation is 1. The van der Waals surface area contributed by atoms with Gasteiger partial charge in [-0.15, -0.1) is 0 Å². The summed E-state index contributed by atoms with van der Waals surface area (Å²) in [4.78, 5) is 12.3. The van der Waals surface area contributed by atoms with E-state index >= 15 is 0 Å². The van der Waals surface area contributed by atoms with Crippen LogP contribution in [0.1, 0.15) is 36.5 Å². The van der Waals surface area contributed by atoms with E-state index in [0.29, 0.717) is 16.9 Å². The van der Waals surface area contributed by atoms with E-state index in [1.54, 1.807) is 24.3 Å². The minimum absolute atomic E-state index is 0.112. The van der Waals surface area contributed by atoms with Crippen molar-refractivity contribution in [3.8, 4) is 0 Å². The molecular weight excluding hydrogens is 432 g/mol. The summed E-state index contributed by atoms with van der Waals surface area (Å²) in [6.07, 6.45) is 0.895. The van der Waals surface area contributed by atoms with Crippen LogP contribution in [0.15, 0.2) is 106 Å². The van der Waals surface area contributed by atoms with Crippen LogP contribution in [0.25, 0.3) is 5.76 Å². The van der Waals surface area contributed by atoms with Gasteiger partial charge in [0, 0.05) is 5.56 Å². The Labute approximate surface area is 195 Å². The standard InChI is InChI=1S/C28H26O4S/c1-19-14-16-24(17-15-19)33(30,31)28-25(22-10-6-4-7-11-22)26(20(2)18-21(3)29)32-27(28)23-12-8-5-9-13-23/h4-18,25-26H,1-3H3/b20-18+/t25-,26-/m1/s1. The molecule has 0 N–H and O–H groups in total. The van der Waals surface area contributed by atoms with E-state index < -0.39 is 21.9 Å². The van der Waals surface area contributed by atoms with Crippen LogP contribution in [0.4, 0.5) is 0 Å². The Morgan fingerprint density at radius 2 is 1.42 bits per heavy atom. The Balaban J connectivity index is 2.00. The summed E-state index contributed by atoms with van der Waals surface area (Å²) in [5.74, 6) is -0.381. The third kappa shape index (κ3) is 4.55. The van der Waals surface area contributed by atoms with Crippen molar-refractivity contribution in [1.29, 1.82) is 0 Å². The summed E-state index contributed by atoms with van der Waals surface area (Å²) in [5, 5.41) is 0. The maximum atomic E-state index is 14.1. The van der Waals surface area contributed by atoms with E-state index in [-0.39, 0.29) is 15.6 Å². The van der Waals surface area contributed by atoms with Crippen molar-refractivity contribution in [1.82, 2.24) is 0 Å². The van der Waals surface area contributed by atoms with E-state index in [9.17, 15) is 13.2 Å². The monoisotopic (exact) mass is 458 g/mol. The fourth-order valence-corrected chi connectivity index (χ4v) is 5.96. The first-order valence-corrected chi connectivity index (χ1v) is 12.3. The Morgan fingerprint density at radius 1 is 0.848 bits per heavy atom. The normalized spacial score (nSPS) is 18.8. The summed E-state index contributed by atoms with van der Waals surface area (Å²) >= 11 is 0. The Morgan fingerprint density at radius 3 is 2.00 bits per heavy atom. The number of ketones is 1. The molecule has 1 heterocycles. The van der Waals surface area contributed by atoms with E-state index in [0.717, 1.165) is 11.1 Å². The van der Waals surface area contributed by atoms with Gasteiger partial charge in [-0.3, -0.25) is 4.79 Å². The number of rotatable bonds is 6. The Hall–Kier alpha value is -3.44. The molecule has 0 saturated heterocycles. The molecule has 4 nitrogen and oxygen atoms in total. The first-order valence-electron chi connectivity index (χ1n) is 10.8. The number of sulfone groups is 1. The van der Waals surface area contributed by atoms with Gasteiger partial charge in [0.05, 0.1) is 10.8 Å². The average molecular weight is 459 g/mol. The molecule has 1 aliphatic heterocycles. The summed E-state index contributed by atoms with van der Waals surface area (Å²) in [6, 6.07) is 25.6. The first-order chi connectivity index (χ1) is 15.8. The Kier molecular flexibility index (Phi) is 6.34. The molecule has 0 amide bonds. The zero-order chi connectivity index (χ0) is 23.6. The maximum Gasteiger partial charge on any atom is 0.207 e. The van der Waals surface area contributed by atoms with Crippen LogP contribution in [0.3, 0.4) is 0 Å². The predicted molar refractivity (Wildman–Crippen MR) is 130 cm³/mol. The lowest BCUT2D eigenvalue weighted by Crippen LogP contribution is -2.22. The van der Waals surface area contributed by atoms with Gasteiger partial charge in [-0.1, -0.05) is 78.4 Å². The van der Waals surface area contributed by atoms with Crippen molar-refractivity contribution >= 4 is 21.4 Å². The molecular formula is C28H26O4S. The maximum absolute atomic E-state index is 14.1. The smallest absolute Gasteiger partial charge is 0.207 e. The molecule has 5 heteroatoms. The third-order valence-corrected chi connectivity index (χ3v) is 7.66. The quantitative estimate of drug-likeness (QED) is 0.435. The van der Waals surface area contributed by atoms with Gasteiger partial charge >= 0.3 is 0 Å². The zero-order valence-corrected chi connectivity index (χ0v) is 19.7. The largest absolute Gasteiger partial charge is 0.483 e. The number of allylic oxidation sites excluding steroid dienone is 1. The van der Waals surface area contributed by atoms with Crippen LogP contribution in [0, 0.1) is 6.92 Å². The second-order valence-corrected chi connectivity index (χ2v) is 10.2. The van der Waals surface area contributed by atoms with Crippen molar-refractivity contribution < 1.29 is 17.9 Å². The van der Waals surface area contributed by atoms with Crippen LogP contribution >= 0.6 is 0 Å². The summed E-state index contributed by atoms with van der Waals surface area (Å²) in [7, 11) is -3.90. The van der Waals surface area contributed by atoms with E-state index in [1.165, 1.54) is 13.0 Å². The van der Waals surface area contributed by atoms with Crippen LogP contribution in [-0.2, 0) is 19.4 Å². The first kappa shape index (κ1) is 22.7. The molecule has 0 saturated carbocycles. The molecule has 33 heavy (non-hydrogen) atoms. The number of ether oxygens (including phenoxy) is 1. The molecule has 0 spiro atoms. The fraction of sp³-hybridized carbons (Fsp3) is 0.179. The van der Waals surface area contributed by atoms with Gasteiger partial charge in [0.1, 0.15) is 16.8 Å². The molecule has 0 unspecified atom stereocenters. The number of hydrogen-bond donors (Lipinski definition) is 0. The van der Waals surface area contributed by atoms with E-state index in [2.05, 4.69) is 0 Å². The number of hydrogen-bond acceptors (Lipinski definition) is 4. The predicted octanol–water partition coefficient (Wildman–Crippen LogP) is 5.86. The van der Waals surface area contributed by atoms with Crippen LogP contribution in [0.5, 0.6) is 0 Å². The van der Waals surface area contributed by atoms with Gasteiger partial charge in [0.2, 0.25) is 9.84 Å². The molecule has 3 aromatic rings. The van der Waals surface area contributed by atoms with Crippen molar-refractivity contribution in [3.05, 3.63) is 118 Å². The van der Waals surface area contributed by atoms with Crippen molar-refractivity contribution in [2.75, 3.05) is 0 Å². The zero-order valence-electron chi connectivity index (χ0n) is 18.9. The second-order valence-electron chi connectivity index (χ2n) is 8.30. The van der Waals surface area contributed by atoms with Crippen molar-refractivity contribution in [2.24, 2.45) is 0 Å². The van der Waals surface area contributed by atoms with Crippen LogP contribution in [0.2, 0.25) is 0 Å². The highest BCUT2D eigenvalue weighted by Gasteiger charge is 2.45.